The van der Waals surface area contributed by atoms with Crippen molar-refractivity contribution in [1.29, 1.82) is 0 Å². The summed E-state index contributed by atoms with van der Waals surface area (Å²) in [6.07, 6.45) is 5.12. The molecule has 0 aromatic heterocycles. The second kappa shape index (κ2) is 8.83. The molecule has 1 rings (SSSR count). The smallest absolute Gasteiger partial charge is 0.223 e. The molecular formula is C14H17Cl2NO2. The van der Waals surface area contributed by atoms with E-state index >= 15 is 0 Å². The van der Waals surface area contributed by atoms with Gasteiger partial charge in [-0.1, -0.05) is 35.4 Å². The Morgan fingerprint density at radius 3 is 2.84 bits per heavy atom. The van der Waals surface area contributed by atoms with Crippen molar-refractivity contribution in [3.05, 3.63) is 40.4 Å². The molecule has 5 heteroatoms. The summed E-state index contributed by atoms with van der Waals surface area (Å²) >= 11 is 11.6. The van der Waals surface area contributed by atoms with E-state index in [1.807, 2.05) is 19.1 Å². The first-order valence-corrected chi connectivity index (χ1v) is 6.84. The number of carbonyl (C=O) groups is 1. The van der Waals surface area contributed by atoms with E-state index in [0.29, 0.717) is 35.4 Å². The molecule has 0 aliphatic carbocycles. The molecule has 0 unspecified atom stereocenters. The van der Waals surface area contributed by atoms with Gasteiger partial charge in [-0.25, -0.2) is 0 Å². The lowest BCUT2D eigenvalue weighted by Crippen LogP contribution is -2.25. The molecule has 0 radical (unpaired) electrons. The van der Waals surface area contributed by atoms with Gasteiger partial charge in [0.05, 0.1) is 23.1 Å². The van der Waals surface area contributed by atoms with Crippen molar-refractivity contribution in [2.24, 2.45) is 0 Å². The molecule has 0 bridgehead atoms. The number of allylic oxidation sites excluding steroid dienone is 1. The van der Waals surface area contributed by atoms with Gasteiger partial charge in [-0.05, 0) is 25.5 Å². The van der Waals surface area contributed by atoms with Crippen LogP contribution in [0.4, 0.5) is 0 Å². The molecule has 1 N–H and O–H groups in total. The summed E-state index contributed by atoms with van der Waals surface area (Å²) < 4.78 is 5.42. The van der Waals surface area contributed by atoms with Crippen molar-refractivity contribution >= 4 is 29.1 Å². The number of nitrogens with one attached hydrogen (secondary N) is 1. The van der Waals surface area contributed by atoms with Gasteiger partial charge in [-0.2, -0.15) is 0 Å². The number of rotatable bonds is 7. The van der Waals surface area contributed by atoms with Gasteiger partial charge >= 0.3 is 0 Å². The van der Waals surface area contributed by atoms with Gasteiger partial charge in [0.15, 0.2) is 0 Å². The fourth-order valence-corrected chi connectivity index (χ4v) is 1.67. The van der Waals surface area contributed by atoms with Crippen LogP contribution in [0.1, 0.15) is 19.8 Å². The van der Waals surface area contributed by atoms with E-state index in [-0.39, 0.29) is 5.91 Å². The molecule has 0 aliphatic heterocycles. The monoisotopic (exact) mass is 301 g/mol. The number of hydrogen-bond donors (Lipinski definition) is 1. The van der Waals surface area contributed by atoms with Crippen molar-refractivity contribution in [3.63, 3.8) is 0 Å². The lowest BCUT2D eigenvalue weighted by atomic mass is 10.3. The van der Waals surface area contributed by atoms with Crippen molar-refractivity contribution in [2.45, 2.75) is 19.8 Å². The molecule has 0 saturated heterocycles. The number of carbonyl (C=O) groups excluding carboxylic acids is 1. The number of benzene rings is 1. The summed E-state index contributed by atoms with van der Waals surface area (Å²) in [5.41, 5.74) is 0. The summed E-state index contributed by atoms with van der Waals surface area (Å²) in [5.74, 6) is 0.584. The summed E-state index contributed by atoms with van der Waals surface area (Å²) in [4.78, 5) is 11.5. The van der Waals surface area contributed by atoms with Crippen molar-refractivity contribution in [1.82, 2.24) is 5.32 Å². The van der Waals surface area contributed by atoms with E-state index in [1.54, 1.807) is 18.2 Å². The Morgan fingerprint density at radius 2 is 2.16 bits per heavy atom. The average Bonchev–Trinajstić information content (AvgIpc) is 2.39. The number of amides is 1. The molecule has 1 aromatic rings. The zero-order chi connectivity index (χ0) is 14.1. The van der Waals surface area contributed by atoms with E-state index in [9.17, 15) is 4.79 Å². The van der Waals surface area contributed by atoms with E-state index in [0.717, 1.165) is 6.42 Å². The molecule has 0 saturated carbocycles. The third-order valence-corrected chi connectivity index (χ3v) is 3.10. The largest absolute Gasteiger partial charge is 0.493 e. The fraction of sp³-hybridized carbons (Fsp3) is 0.357. The van der Waals surface area contributed by atoms with Crippen LogP contribution in [-0.2, 0) is 4.79 Å². The minimum absolute atomic E-state index is 0.0236. The van der Waals surface area contributed by atoms with Gasteiger partial charge in [0.25, 0.3) is 0 Å². The highest BCUT2D eigenvalue weighted by atomic mass is 35.5. The van der Waals surface area contributed by atoms with Crippen LogP contribution < -0.4 is 10.1 Å². The second-order valence-electron chi connectivity index (χ2n) is 3.88. The Labute approximate surface area is 123 Å². The van der Waals surface area contributed by atoms with Crippen LogP contribution in [-0.4, -0.2) is 19.1 Å². The van der Waals surface area contributed by atoms with E-state index in [1.165, 1.54) is 0 Å². The summed E-state index contributed by atoms with van der Waals surface area (Å²) in [5, 5.41) is 3.73. The van der Waals surface area contributed by atoms with Crippen molar-refractivity contribution in [2.75, 3.05) is 13.2 Å². The number of ether oxygens (including phenoxy) is 1. The molecule has 0 fully saturated rings. The maximum absolute atomic E-state index is 11.5. The lowest BCUT2D eigenvalue weighted by molar-refractivity contribution is -0.121. The first kappa shape index (κ1) is 15.9. The fourth-order valence-electron chi connectivity index (χ4n) is 1.38. The molecular weight excluding hydrogens is 285 g/mol. The standard InChI is InChI=1S/C14H17Cl2NO2/c1-2-3-4-8-17-14(18)7-9-19-11-5-6-12(15)13(16)10-11/h2-3,5-6,10H,4,7-9H2,1H3,(H,17,18)/b3-2+. The SMILES string of the molecule is C/C=C/CCNC(=O)CCOc1ccc(Cl)c(Cl)c1. The Kier molecular flexibility index (Phi) is 7.38. The van der Waals surface area contributed by atoms with Crippen LogP contribution in [0.15, 0.2) is 30.4 Å². The van der Waals surface area contributed by atoms with Crippen molar-refractivity contribution in [3.8, 4) is 5.75 Å². The Morgan fingerprint density at radius 1 is 1.37 bits per heavy atom. The second-order valence-corrected chi connectivity index (χ2v) is 4.70. The molecule has 0 aliphatic rings. The first-order chi connectivity index (χ1) is 9.13. The summed E-state index contributed by atoms with van der Waals surface area (Å²) in [6.45, 7) is 2.91. The number of hydrogen-bond acceptors (Lipinski definition) is 2. The van der Waals surface area contributed by atoms with Crippen LogP contribution in [0, 0.1) is 0 Å². The number of halogens is 2. The van der Waals surface area contributed by atoms with Gasteiger partial charge in [0, 0.05) is 12.6 Å². The van der Waals surface area contributed by atoms with Crippen LogP contribution in [0.25, 0.3) is 0 Å². The van der Waals surface area contributed by atoms with E-state index in [2.05, 4.69) is 5.32 Å². The minimum atomic E-state index is -0.0236. The van der Waals surface area contributed by atoms with E-state index < -0.39 is 0 Å². The van der Waals surface area contributed by atoms with Gasteiger partial charge in [-0.3, -0.25) is 4.79 Å². The zero-order valence-corrected chi connectivity index (χ0v) is 12.3. The highest BCUT2D eigenvalue weighted by Gasteiger charge is 2.03. The third kappa shape index (κ3) is 6.50. The van der Waals surface area contributed by atoms with E-state index in [4.69, 9.17) is 27.9 Å². The quantitative estimate of drug-likeness (QED) is 0.614. The van der Waals surface area contributed by atoms with Gasteiger partial charge < -0.3 is 10.1 Å². The predicted octanol–water partition coefficient (Wildman–Crippen LogP) is 3.84. The Hall–Kier alpha value is -1.19. The predicted molar refractivity (Wildman–Crippen MR) is 79.0 cm³/mol. The topological polar surface area (TPSA) is 38.3 Å². The molecule has 104 valence electrons. The van der Waals surface area contributed by atoms with Gasteiger partial charge in [0.2, 0.25) is 5.91 Å². The van der Waals surface area contributed by atoms with Gasteiger partial charge in [0.1, 0.15) is 5.75 Å². The molecule has 0 atom stereocenters. The summed E-state index contributed by atoms with van der Waals surface area (Å²) in [7, 11) is 0. The third-order valence-electron chi connectivity index (χ3n) is 2.36. The summed E-state index contributed by atoms with van der Waals surface area (Å²) in [6, 6.07) is 5.02. The first-order valence-electron chi connectivity index (χ1n) is 6.09. The van der Waals surface area contributed by atoms with Crippen molar-refractivity contribution < 1.29 is 9.53 Å². The Balaban J connectivity index is 2.22. The molecule has 1 amide bonds. The molecule has 3 nitrogen and oxygen atoms in total. The average molecular weight is 302 g/mol. The Bertz CT molecular complexity index is 447. The van der Waals surface area contributed by atoms with Crippen LogP contribution >= 0.6 is 23.2 Å². The van der Waals surface area contributed by atoms with Crippen LogP contribution in [0.2, 0.25) is 10.0 Å². The highest BCUT2D eigenvalue weighted by molar-refractivity contribution is 6.42. The molecule has 0 heterocycles. The minimum Gasteiger partial charge on any atom is -0.493 e. The molecule has 0 spiro atoms. The highest BCUT2D eigenvalue weighted by Crippen LogP contribution is 2.26. The van der Waals surface area contributed by atoms with Crippen LogP contribution in [0.3, 0.4) is 0 Å². The lowest BCUT2D eigenvalue weighted by Gasteiger charge is -2.07. The molecule has 19 heavy (non-hydrogen) atoms. The normalized spacial score (nSPS) is 10.7. The molecule has 1 aromatic carbocycles. The maximum atomic E-state index is 11.5. The zero-order valence-electron chi connectivity index (χ0n) is 10.8. The maximum Gasteiger partial charge on any atom is 0.223 e. The van der Waals surface area contributed by atoms with Gasteiger partial charge in [-0.15, -0.1) is 0 Å². The van der Waals surface area contributed by atoms with Crippen LogP contribution in [0.5, 0.6) is 5.75 Å².